The zero-order chi connectivity index (χ0) is 30.9. The molecular formula is C41H76N4. The number of rotatable bonds is 13. The van der Waals surface area contributed by atoms with Crippen LogP contribution in [0.5, 0.6) is 0 Å². The average molecular weight is 625 g/mol. The molecule has 4 heteroatoms. The fourth-order valence-corrected chi connectivity index (χ4v) is 11.8. The maximum atomic E-state index is 4.52. The van der Waals surface area contributed by atoms with Crippen LogP contribution >= 0.6 is 0 Å². The summed E-state index contributed by atoms with van der Waals surface area (Å²) >= 11 is 0. The number of hydrogen-bond donors (Lipinski definition) is 2. The van der Waals surface area contributed by atoms with Gasteiger partial charge in [0.05, 0.1) is 6.17 Å². The number of unbranched alkanes of at least 4 members (excludes halogenated alkanes) is 9. The Bertz CT molecular complexity index is 736. The first-order valence-corrected chi connectivity index (χ1v) is 21.1. The van der Waals surface area contributed by atoms with E-state index in [0.29, 0.717) is 28.3 Å². The minimum Gasteiger partial charge on any atom is -0.303 e. The molecule has 0 amide bonds. The van der Waals surface area contributed by atoms with Gasteiger partial charge in [0.1, 0.15) is 0 Å². The second-order valence-electron chi connectivity index (χ2n) is 17.9. The van der Waals surface area contributed by atoms with Gasteiger partial charge in [-0.1, -0.05) is 148 Å². The molecule has 6 rings (SSSR count). The molecule has 2 saturated heterocycles. The minimum absolute atomic E-state index is 0.378. The van der Waals surface area contributed by atoms with E-state index in [1.54, 1.807) is 0 Å². The predicted molar refractivity (Wildman–Crippen MR) is 193 cm³/mol. The van der Waals surface area contributed by atoms with Crippen LogP contribution < -0.4 is 10.6 Å². The first kappa shape index (κ1) is 34.7. The third kappa shape index (κ3) is 9.10. The molecular weight excluding hydrogens is 548 g/mol. The van der Waals surface area contributed by atoms with Crippen molar-refractivity contribution in [1.82, 2.24) is 20.4 Å². The molecule has 0 bridgehead atoms. The second kappa shape index (κ2) is 16.5. The average Bonchev–Trinajstić information content (AvgIpc) is 3.04. The van der Waals surface area contributed by atoms with Crippen molar-refractivity contribution >= 4 is 0 Å². The van der Waals surface area contributed by atoms with Crippen LogP contribution in [0.3, 0.4) is 0 Å². The third-order valence-electron chi connectivity index (χ3n) is 14.0. The standard InChI is InChI=1S/C41H76N4/c1-2-3-4-5-6-7-8-9-10-15-24-37(44-33-38(25-16-11-17-26-38)42-39(34-44)27-18-12-19-28-39)45-35-40(29-20-13-21-30-40)43-41(36-45)31-22-14-23-32-41/h37,42-43H,2-36H2,1H3. The van der Waals surface area contributed by atoms with Crippen molar-refractivity contribution in [3.63, 3.8) is 0 Å². The van der Waals surface area contributed by atoms with Gasteiger partial charge in [0.25, 0.3) is 0 Å². The summed E-state index contributed by atoms with van der Waals surface area (Å²) < 4.78 is 0. The second-order valence-corrected chi connectivity index (χ2v) is 17.9. The Labute approximate surface area is 280 Å². The highest BCUT2D eigenvalue weighted by atomic mass is 15.4. The molecule has 0 radical (unpaired) electrons. The van der Waals surface area contributed by atoms with E-state index in [-0.39, 0.29) is 0 Å². The first-order valence-electron chi connectivity index (χ1n) is 21.1. The molecule has 0 aromatic carbocycles. The Morgan fingerprint density at radius 2 is 0.689 bits per heavy atom. The lowest BCUT2D eigenvalue weighted by Gasteiger charge is -2.62. The summed E-state index contributed by atoms with van der Waals surface area (Å²) in [6.45, 7) is 7.62. The zero-order valence-electron chi connectivity index (χ0n) is 30.2. The molecule has 260 valence electrons. The maximum absolute atomic E-state index is 4.52. The van der Waals surface area contributed by atoms with Crippen LogP contribution in [0.15, 0.2) is 0 Å². The van der Waals surface area contributed by atoms with E-state index in [0.717, 1.165) is 0 Å². The van der Waals surface area contributed by atoms with E-state index in [1.807, 2.05) is 0 Å². The molecule has 2 aliphatic heterocycles. The maximum Gasteiger partial charge on any atom is 0.0624 e. The highest BCUT2D eigenvalue weighted by Gasteiger charge is 2.53. The number of piperazine rings is 2. The van der Waals surface area contributed by atoms with Crippen molar-refractivity contribution in [2.24, 2.45) is 0 Å². The van der Waals surface area contributed by atoms with E-state index >= 15 is 0 Å². The summed E-state index contributed by atoms with van der Waals surface area (Å²) in [5, 5.41) is 9.04. The smallest absolute Gasteiger partial charge is 0.0624 e. The molecule has 0 atom stereocenters. The van der Waals surface area contributed by atoms with E-state index in [4.69, 9.17) is 0 Å². The zero-order valence-corrected chi connectivity index (χ0v) is 30.2. The van der Waals surface area contributed by atoms with Gasteiger partial charge in [0, 0.05) is 48.3 Å². The molecule has 6 aliphatic rings. The summed E-state index contributed by atoms with van der Waals surface area (Å²) in [5.74, 6) is 0. The van der Waals surface area contributed by atoms with Crippen LogP contribution in [0, 0.1) is 0 Å². The van der Waals surface area contributed by atoms with Gasteiger partial charge in [-0.3, -0.25) is 9.80 Å². The molecule has 0 aromatic rings. The topological polar surface area (TPSA) is 30.5 Å². The molecule has 0 aromatic heterocycles. The van der Waals surface area contributed by atoms with Crippen LogP contribution in [0.25, 0.3) is 0 Å². The van der Waals surface area contributed by atoms with Gasteiger partial charge in [-0.05, 0) is 57.8 Å². The van der Waals surface area contributed by atoms with E-state index in [2.05, 4.69) is 27.4 Å². The van der Waals surface area contributed by atoms with Crippen molar-refractivity contribution in [1.29, 1.82) is 0 Å². The Kier molecular flexibility index (Phi) is 12.7. The van der Waals surface area contributed by atoms with Crippen molar-refractivity contribution in [2.75, 3.05) is 26.2 Å². The van der Waals surface area contributed by atoms with Crippen molar-refractivity contribution < 1.29 is 0 Å². The molecule has 2 heterocycles. The summed E-state index contributed by atoms with van der Waals surface area (Å²) in [6.07, 6.45) is 45.3. The lowest BCUT2D eigenvalue weighted by Crippen LogP contribution is -2.77. The van der Waals surface area contributed by atoms with Crippen LogP contribution in [-0.4, -0.2) is 64.3 Å². The summed E-state index contributed by atoms with van der Waals surface area (Å²) in [5.41, 5.74) is 1.51. The normalized spacial score (nSPS) is 28.4. The molecule has 4 aliphatic carbocycles. The number of nitrogens with zero attached hydrogens (tertiary/aromatic N) is 2. The van der Waals surface area contributed by atoms with Gasteiger partial charge in [0.2, 0.25) is 0 Å². The Hall–Kier alpha value is -0.160. The Morgan fingerprint density at radius 3 is 1.00 bits per heavy atom. The van der Waals surface area contributed by atoms with Gasteiger partial charge in [-0.25, -0.2) is 0 Å². The predicted octanol–water partition coefficient (Wildman–Crippen LogP) is 10.2. The van der Waals surface area contributed by atoms with Crippen molar-refractivity contribution in [3.8, 4) is 0 Å². The molecule has 0 unspecified atom stereocenters. The van der Waals surface area contributed by atoms with Gasteiger partial charge in [-0.2, -0.15) is 0 Å². The molecule has 2 N–H and O–H groups in total. The van der Waals surface area contributed by atoms with E-state index in [9.17, 15) is 0 Å². The number of nitrogens with one attached hydrogen (secondary N) is 2. The molecule has 4 nitrogen and oxygen atoms in total. The van der Waals surface area contributed by atoms with Crippen LogP contribution in [0.2, 0.25) is 0 Å². The molecule has 4 spiro atoms. The molecule has 45 heavy (non-hydrogen) atoms. The van der Waals surface area contributed by atoms with Crippen molar-refractivity contribution in [2.45, 2.75) is 234 Å². The van der Waals surface area contributed by atoms with E-state index in [1.165, 1.54) is 225 Å². The fourth-order valence-electron chi connectivity index (χ4n) is 11.8. The monoisotopic (exact) mass is 625 g/mol. The fraction of sp³-hybridized carbons (Fsp3) is 1.00. The largest absolute Gasteiger partial charge is 0.303 e. The van der Waals surface area contributed by atoms with Gasteiger partial charge in [-0.15, -0.1) is 0 Å². The lowest BCUT2D eigenvalue weighted by molar-refractivity contribution is -0.0982. The number of hydrogen-bond acceptors (Lipinski definition) is 4. The lowest BCUT2D eigenvalue weighted by atomic mass is 9.71. The minimum atomic E-state index is 0.378. The van der Waals surface area contributed by atoms with Gasteiger partial charge >= 0.3 is 0 Å². The summed E-state index contributed by atoms with van der Waals surface area (Å²) in [4.78, 5) is 6.33. The molecule has 4 saturated carbocycles. The van der Waals surface area contributed by atoms with Gasteiger partial charge in [0.15, 0.2) is 0 Å². The highest BCUT2D eigenvalue weighted by molar-refractivity contribution is 5.12. The quantitative estimate of drug-likeness (QED) is 0.200. The summed E-state index contributed by atoms with van der Waals surface area (Å²) in [6, 6.07) is 0. The Morgan fingerprint density at radius 1 is 0.400 bits per heavy atom. The Balaban J connectivity index is 1.19. The van der Waals surface area contributed by atoms with Crippen LogP contribution in [0.1, 0.15) is 206 Å². The SMILES string of the molecule is CCCCCCCCCCCCC(N1CC2(CCCCC2)NC2(CCCCC2)C1)N1CC2(CCCCC2)NC2(CCCCC2)C1. The highest BCUT2D eigenvalue weighted by Crippen LogP contribution is 2.44. The van der Waals surface area contributed by atoms with Crippen LogP contribution in [0.4, 0.5) is 0 Å². The van der Waals surface area contributed by atoms with E-state index < -0.39 is 0 Å². The van der Waals surface area contributed by atoms with Crippen LogP contribution in [-0.2, 0) is 0 Å². The van der Waals surface area contributed by atoms with Gasteiger partial charge < -0.3 is 10.6 Å². The summed E-state index contributed by atoms with van der Waals surface area (Å²) in [7, 11) is 0. The first-order chi connectivity index (χ1) is 22.1. The molecule has 6 fully saturated rings. The van der Waals surface area contributed by atoms with Crippen molar-refractivity contribution in [3.05, 3.63) is 0 Å². The third-order valence-corrected chi connectivity index (χ3v) is 14.0.